The Labute approximate surface area is 117 Å². The van der Waals surface area contributed by atoms with Crippen molar-refractivity contribution in [1.29, 1.82) is 0 Å². The van der Waals surface area contributed by atoms with Crippen LogP contribution in [0.25, 0.3) is 11.3 Å². The van der Waals surface area contributed by atoms with E-state index >= 15 is 0 Å². The molecule has 8 heteroatoms. The fraction of sp³-hybridized carbons (Fsp3) is 0.308. The summed E-state index contributed by atoms with van der Waals surface area (Å²) in [6.07, 6.45) is 0. The predicted molar refractivity (Wildman–Crippen MR) is 66.9 cm³/mol. The average Bonchev–Trinajstić information content (AvgIpc) is 2.70. The van der Waals surface area contributed by atoms with Crippen molar-refractivity contribution >= 4 is 5.82 Å². The van der Waals surface area contributed by atoms with Gasteiger partial charge in [-0.25, -0.2) is 22.0 Å². The van der Waals surface area contributed by atoms with Crippen molar-refractivity contribution in [3.63, 3.8) is 0 Å². The Morgan fingerprint density at radius 3 is 1.76 bits per heavy atom. The summed E-state index contributed by atoms with van der Waals surface area (Å²) in [5.74, 6) is -10.3. The van der Waals surface area contributed by atoms with Crippen LogP contribution in [0.3, 0.4) is 0 Å². The first-order valence-corrected chi connectivity index (χ1v) is 6.02. The Hall–Kier alpha value is -2.12. The first-order valence-electron chi connectivity index (χ1n) is 6.02. The molecule has 0 atom stereocenters. The molecule has 0 spiro atoms. The van der Waals surface area contributed by atoms with E-state index in [2.05, 4.69) is 5.10 Å². The fourth-order valence-corrected chi connectivity index (χ4v) is 2.12. The summed E-state index contributed by atoms with van der Waals surface area (Å²) in [5.41, 5.74) is 4.55. The zero-order valence-electron chi connectivity index (χ0n) is 11.4. The summed E-state index contributed by atoms with van der Waals surface area (Å²) < 4.78 is 68.5. The molecule has 0 radical (unpaired) electrons. The van der Waals surface area contributed by atoms with Crippen molar-refractivity contribution in [2.75, 3.05) is 5.73 Å². The molecule has 0 fully saturated rings. The molecule has 2 rings (SSSR count). The van der Waals surface area contributed by atoms with Gasteiger partial charge in [-0.15, -0.1) is 0 Å². The van der Waals surface area contributed by atoms with Gasteiger partial charge in [0.05, 0.1) is 5.56 Å². The molecule has 21 heavy (non-hydrogen) atoms. The average molecular weight is 305 g/mol. The largest absolute Gasteiger partial charge is 0.384 e. The van der Waals surface area contributed by atoms with Gasteiger partial charge in [0.1, 0.15) is 11.5 Å². The molecular formula is C13H12F5N3. The first-order chi connectivity index (χ1) is 9.68. The molecule has 0 aliphatic rings. The zero-order valence-corrected chi connectivity index (χ0v) is 11.4. The highest BCUT2D eigenvalue weighted by atomic mass is 19.2. The topological polar surface area (TPSA) is 43.8 Å². The number of aryl methyl sites for hydroxylation is 1. The van der Waals surface area contributed by atoms with Crippen LogP contribution in [-0.4, -0.2) is 9.78 Å². The minimum Gasteiger partial charge on any atom is -0.384 e. The highest BCUT2D eigenvalue weighted by Gasteiger charge is 2.31. The second-order valence-electron chi connectivity index (χ2n) is 4.87. The lowest BCUT2D eigenvalue weighted by atomic mass is 9.97. The molecule has 0 unspecified atom stereocenters. The maximum atomic E-state index is 13.9. The van der Waals surface area contributed by atoms with E-state index in [0.29, 0.717) is 0 Å². The number of hydrogen-bond donors (Lipinski definition) is 1. The number of aromatic nitrogens is 2. The molecule has 0 bridgehead atoms. The van der Waals surface area contributed by atoms with Crippen LogP contribution in [0, 0.1) is 29.1 Å². The Morgan fingerprint density at radius 2 is 1.33 bits per heavy atom. The fourth-order valence-electron chi connectivity index (χ4n) is 2.12. The van der Waals surface area contributed by atoms with Crippen LogP contribution in [0.5, 0.6) is 0 Å². The molecule has 114 valence electrons. The van der Waals surface area contributed by atoms with E-state index in [9.17, 15) is 22.0 Å². The Bertz CT molecular complexity index is 692. The lowest BCUT2D eigenvalue weighted by Crippen LogP contribution is -2.06. The number of hydrogen-bond acceptors (Lipinski definition) is 2. The molecule has 0 saturated carbocycles. The SMILES string of the molecule is CC(C)c1c(-c2c(F)c(F)c(F)c(F)c2F)nn(C)c1N. The van der Waals surface area contributed by atoms with E-state index in [1.807, 2.05) is 0 Å². The number of anilines is 1. The van der Waals surface area contributed by atoms with Gasteiger partial charge in [0.15, 0.2) is 23.3 Å². The van der Waals surface area contributed by atoms with Gasteiger partial charge in [0.2, 0.25) is 5.82 Å². The van der Waals surface area contributed by atoms with E-state index in [4.69, 9.17) is 5.73 Å². The quantitative estimate of drug-likeness (QED) is 0.524. The van der Waals surface area contributed by atoms with Crippen LogP contribution in [0.1, 0.15) is 25.3 Å². The van der Waals surface area contributed by atoms with Gasteiger partial charge in [-0.1, -0.05) is 13.8 Å². The van der Waals surface area contributed by atoms with Gasteiger partial charge < -0.3 is 5.73 Å². The molecule has 0 amide bonds. The van der Waals surface area contributed by atoms with Crippen molar-refractivity contribution in [2.24, 2.45) is 7.05 Å². The highest BCUT2D eigenvalue weighted by molar-refractivity contribution is 5.70. The van der Waals surface area contributed by atoms with E-state index in [1.165, 1.54) is 7.05 Å². The van der Waals surface area contributed by atoms with Crippen molar-refractivity contribution in [1.82, 2.24) is 9.78 Å². The molecule has 2 aromatic rings. The van der Waals surface area contributed by atoms with Gasteiger partial charge in [0, 0.05) is 12.6 Å². The van der Waals surface area contributed by atoms with Gasteiger partial charge in [-0.05, 0) is 5.92 Å². The maximum absolute atomic E-state index is 13.9. The van der Waals surface area contributed by atoms with Crippen LogP contribution in [0.4, 0.5) is 27.8 Å². The second-order valence-corrected chi connectivity index (χ2v) is 4.87. The molecule has 2 N–H and O–H groups in total. The van der Waals surface area contributed by atoms with Crippen LogP contribution < -0.4 is 5.73 Å². The Morgan fingerprint density at radius 1 is 0.905 bits per heavy atom. The second kappa shape index (κ2) is 5.01. The summed E-state index contributed by atoms with van der Waals surface area (Å²) in [7, 11) is 1.41. The number of nitrogens with two attached hydrogens (primary N) is 1. The standard InChI is InChI=1S/C13H12F5N3/c1-4(2)5-12(20-21(3)13(5)19)6-7(14)9(16)11(18)10(17)8(6)15/h4H,19H2,1-3H3. The molecule has 1 aromatic heterocycles. The smallest absolute Gasteiger partial charge is 0.200 e. The zero-order chi connectivity index (χ0) is 16.1. The Balaban J connectivity index is 2.89. The van der Waals surface area contributed by atoms with Gasteiger partial charge in [-0.2, -0.15) is 5.10 Å². The highest BCUT2D eigenvalue weighted by Crippen LogP contribution is 2.37. The van der Waals surface area contributed by atoms with Crippen LogP contribution >= 0.6 is 0 Å². The van der Waals surface area contributed by atoms with Crippen molar-refractivity contribution in [3.05, 3.63) is 34.6 Å². The van der Waals surface area contributed by atoms with Gasteiger partial charge >= 0.3 is 0 Å². The van der Waals surface area contributed by atoms with Crippen LogP contribution in [-0.2, 0) is 7.05 Å². The van der Waals surface area contributed by atoms with E-state index in [1.54, 1.807) is 13.8 Å². The van der Waals surface area contributed by atoms with Crippen molar-refractivity contribution in [3.8, 4) is 11.3 Å². The summed E-state index contributed by atoms with van der Waals surface area (Å²) >= 11 is 0. The number of nitrogens with zero attached hydrogens (tertiary/aromatic N) is 2. The molecular weight excluding hydrogens is 293 g/mol. The monoisotopic (exact) mass is 305 g/mol. The van der Waals surface area contributed by atoms with Gasteiger partial charge in [0.25, 0.3) is 0 Å². The minimum atomic E-state index is -2.20. The lowest BCUT2D eigenvalue weighted by Gasteiger charge is -2.10. The Kier molecular flexibility index (Phi) is 3.65. The van der Waals surface area contributed by atoms with E-state index in [-0.39, 0.29) is 23.0 Å². The van der Waals surface area contributed by atoms with Crippen molar-refractivity contribution in [2.45, 2.75) is 19.8 Å². The molecule has 0 aliphatic carbocycles. The number of benzene rings is 1. The third-order valence-electron chi connectivity index (χ3n) is 3.15. The van der Waals surface area contributed by atoms with Crippen LogP contribution in [0.15, 0.2) is 0 Å². The summed E-state index contributed by atoms with van der Waals surface area (Å²) in [6, 6.07) is 0. The third-order valence-corrected chi connectivity index (χ3v) is 3.15. The number of halogens is 5. The lowest BCUT2D eigenvalue weighted by molar-refractivity contribution is 0.381. The van der Waals surface area contributed by atoms with E-state index in [0.717, 1.165) is 4.68 Å². The van der Waals surface area contributed by atoms with Gasteiger partial charge in [-0.3, -0.25) is 4.68 Å². The molecule has 1 aromatic carbocycles. The van der Waals surface area contributed by atoms with E-state index < -0.39 is 34.6 Å². The molecule has 1 heterocycles. The van der Waals surface area contributed by atoms with Crippen LogP contribution in [0.2, 0.25) is 0 Å². The third kappa shape index (κ3) is 2.14. The first kappa shape index (κ1) is 15.3. The summed E-state index contributed by atoms with van der Waals surface area (Å²) in [6.45, 7) is 3.34. The van der Waals surface area contributed by atoms with Crippen molar-refractivity contribution < 1.29 is 22.0 Å². The summed E-state index contributed by atoms with van der Waals surface area (Å²) in [5, 5.41) is 3.79. The number of nitrogen functional groups attached to an aromatic ring is 1. The minimum absolute atomic E-state index is 0.101. The molecule has 0 aliphatic heterocycles. The summed E-state index contributed by atoms with van der Waals surface area (Å²) in [4.78, 5) is 0. The predicted octanol–water partition coefficient (Wildman–Crippen LogP) is 3.49. The molecule has 0 saturated heterocycles. The molecule has 3 nitrogen and oxygen atoms in total. The normalized spacial score (nSPS) is 11.5. The number of rotatable bonds is 2. The maximum Gasteiger partial charge on any atom is 0.200 e.